The van der Waals surface area contributed by atoms with Gasteiger partial charge in [0.1, 0.15) is 0 Å². The molecule has 2 aromatic rings. The molecule has 7 heteroatoms. The van der Waals surface area contributed by atoms with E-state index in [1.54, 1.807) is 24.3 Å². The van der Waals surface area contributed by atoms with Gasteiger partial charge in [-0.15, -0.1) is 0 Å². The maximum Gasteiger partial charge on any atom is 0.251 e. The highest BCUT2D eigenvalue weighted by Gasteiger charge is 2.10. The van der Waals surface area contributed by atoms with Gasteiger partial charge in [-0.2, -0.15) is 0 Å². The Hall–Kier alpha value is -2.67. The van der Waals surface area contributed by atoms with Gasteiger partial charge in [-0.05, 0) is 56.2 Å². The van der Waals surface area contributed by atoms with E-state index < -0.39 is 0 Å². The Bertz CT molecular complexity index is 856. The molecule has 0 aliphatic carbocycles. The normalized spacial score (nSPS) is 10.3. The van der Waals surface area contributed by atoms with Crippen molar-refractivity contribution >= 4 is 39.3 Å². The summed E-state index contributed by atoms with van der Waals surface area (Å²) in [6.07, 6.45) is 0.0954. The lowest BCUT2D eigenvalue weighted by molar-refractivity contribution is -0.124. The number of benzene rings is 2. The number of halogens is 1. The molecule has 0 aliphatic heterocycles. The van der Waals surface area contributed by atoms with Crippen LogP contribution in [0.2, 0.25) is 0 Å². The fourth-order valence-corrected chi connectivity index (χ4v) is 3.09. The lowest BCUT2D eigenvalue weighted by Gasteiger charge is -2.13. The number of aryl methyl sites for hydroxylation is 3. The summed E-state index contributed by atoms with van der Waals surface area (Å²) in [6.45, 7) is 5.94. The van der Waals surface area contributed by atoms with E-state index in [0.29, 0.717) is 5.56 Å². The molecule has 6 nitrogen and oxygen atoms in total. The number of anilines is 1. The van der Waals surface area contributed by atoms with Crippen molar-refractivity contribution in [2.45, 2.75) is 27.2 Å². The summed E-state index contributed by atoms with van der Waals surface area (Å²) in [5, 5.41) is 8.08. The van der Waals surface area contributed by atoms with Crippen molar-refractivity contribution in [2.24, 2.45) is 0 Å². The molecule has 0 radical (unpaired) electrons. The van der Waals surface area contributed by atoms with Crippen molar-refractivity contribution in [1.29, 1.82) is 0 Å². The molecule has 0 aromatic heterocycles. The molecule has 0 unspecified atom stereocenters. The Morgan fingerprint density at radius 3 is 2.11 bits per heavy atom. The van der Waals surface area contributed by atoms with Gasteiger partial charge in [-0.1, -0.05) is 33.6 Å². The molecule has 3 N–H and O–H groups in total. The number of hydrogen-bond acceptors (Lipinski definition) is 3. The number of nitrogens with one attached hydrogen (secondary N) is 3. The second-order valence-electron chi connectivity index (χ2n) is 6.61. The molecule has 0 fully saturated rings. The number of amides is 3. The zero-order valence-electron chi connectivity index (χ0n) is 16.2. The Morgan fingerprint density at radius 1 is 0.893 bits per heavy atom. The van der Waals surface area contributed by atoms with Crippen molar-refractivity contribution in [3.63, 3.8) is 0 Å². The third kappa shape index (κ3) is 6.49. The van der Waals surface area contributed by atoms with Crippen LogP contribution in [0.5, 0.6) is 0 Å². The predicted octanol–water partition coefficient (Wildman–Crippen LogP) is 3.25. The Balaban J connectivity index is 1.73. The fourth-order valence-electron chi connectivity index (χ4n) is 2.82. The van der Waals surface area contributed by atoms with Gasteiger partial charge in [0, 0.05) is 28.7 Å². The zero-order valence-corrected chi connectivity index (χ0v) is 17.8. The third-order valence-electron chi connectivity index (χ3n) is 4.13. The lowest BCUT2D eigenvalue weighted by Crippen LogP contribution is -2.35. The van der Waals surface area contributed by atoms with Crippen molar-refractivity contribution in [3.8, 4) is 0 Å². The van der Waals surface area contributed by atoms with Gasteiger partial charge < -0.3 is 16.0 Å². The van der Waals surface area contributed by atoms with E-state index in [-0.39, 0.29) is 37.2 Å². The van der Waals surface area contributed by atoms with E-state index >= 15 is 0 Å². The van der Waals surface area contributed by atoms with Crippen LogP contribution in [-0.4, -0.2) is 30.8 Å². The topological polar surface area (TPSA) is 87.3 Å². The van der Waals surface area contributed by atoms with Crippen LogP contribution in [0.3, 0.4) is 0 Å². The minimum atomic E-state index is -0.302. The SMILES string of the molecule is Cc1cc(C)c(NC(=O)CNC(=O)CCNC(=O)c2ccc(Br)cc2)c(C)c1. The van der Waals surface area contributed by atoms with Gasteiger partial charge in [-0.25, -0.2) is 0 Å². The van der Waals surface area contributed by atoms with E-state index in [4.69, 9.17) is 0 Å². The summed E-state index contributed by atoms with van der Waals surface area (Å²) >= 11 is 3.31. The van der Waals surface area contributed by atoms with Crippen LogP contribution in [0, 0.1) is 20.8 Å². The summed E-state index contributed by atoms with van der Waals surface area (Å²) < 4.78 is 0.887. The molecular weight excluding hydrogens is 422 g/mol. The van der Waals surface area contributed by atoms with Crippen LogP contribution in [0.4, 0.5) is 5.69 Å². The second kappa shape index (κ2) is 10.0. The molecule has 0 atom stereocenters. The predicted molar refractivity (Wildman–Crippen MR) is 113 cm³/mol. The number of rotatable bonds is 7. The molecule has 2 rings (SSSR count). The molecule has 3 amide bonds. The maximum atomic E-state index is 12.1. The quantitative estimate of drug-likeness (QED) is 0.610. The minimum absolute atomic E-state index is 0.0954. The monoisotopic (exact) mass is 445 g/mol. The molecule has 0 saturated heterocycles. The zero-order chi connectivity index (χ0) is 20.7. The van der Waals surface area contributed by atoms with Gasteiger partial charge in [0.25, 0.3) is 5.91 Å². The van der Waals surface area contributed by atoms with Crippen LogP contribution < -0.4 is 16.0 Å². The summed E-state index contributed by atoms with van der Waals surface area (Å²) in [7, 11) is 0. The van der Waals surface area contributed by atoms with Crippen LogP contribution in [-0.2, 0) is 9.59 Å². The smallest absolute Gasteiger partial charge is 0.251 e. The maximum absolute atomic E-state index is 12.1. The molecular formula is C21H24BrN3O3. The molecule has 28 heavy (non-hydrogen) atoms. The van der Waals surface area contributed by atoms with Crippen LogP contribution in [0.1, 0.15) is 33.5 Å². The lowest BCUT2D eigenvalue weighted by atomic mass is 10.1. The Morgan fingerprint density at radius 2 is 1.50 bits per heavy atom. The Kier molecular flexibility index (Phi) is 7.75. The van der Waals surface area contributed by atoms with Gasteiger partial charge in [0.15, 0.2) is 0 Å². The molecule has 0 spiro atoms. The first kappa shape index (κ1) is 21.6. The van der Waals surface area contributed by atoms with E-state index in [9.17, 15) is 14.4 Å². The molecule has 2 aromatic carbocycles. The number of carbonyl (C=O) groups excluding carboxylic acids is 3. The number of carbonyl (C=O) groups is 3. The summed E-state index contributed by atoms with van der Waals surface area (Å²) in [6, 6.07) is 10.9. The summed E-state index contributed by atoms with van der Waals surface area (Å²) in [4.78, 5) is 36.0. The van der Waals surface area contributed by atoms with E-state index in [1.807, 2.05) is 32.9 Å². The summed E-state index contributed by atoms with van der Waals surface area (Å²) in [5.41, 5.74) is 4.38. The average Bonchev–Trinajstić information content (AvgIpc) is 2.63. The molecule has 0 heterocycles. The van der Waals surface area contributed by atoms with Gasteiger partial charge in [0.2, 0.25) is 11.8 Å². The third-order valence-corrected chi connectivity index (χ3v) is 4.66. The fraction of sp³-hybridized carbons (Fsp3) is 0.286. The van der Waals surface area contributed by atoms with E-state index in [0.717, 1.165) is 26.9 Å². The van der Waals surface area contributed by atoms with Crippen molar-refractivity contribution in [1.82, 2.24) is 10.6 Å². The number of hydrogen-bond donors (Lipinski definition) is 3. The first-order chi connectivity index (χ1) is 13.3. The molecule has 0 saturated carbocycles. The summed E-state index contributed by atoms with van der Waals surface area (Å²) in [5.74, 6) is -0.839. The average molecular weight is 446 g/mol. The minimum Gasteiger partial charge on any atom is -0.352 e. The first-order valence-corrected chi connectivity index (χ1v) is 9.73. The van der Waals surface area contributed by atoms with Gasteiger partial charge in [-0.3, -0.25) is 14.4 Å². The van der Waals surface area contributed by atoms with Crippen LogP contribution in [0.15, 0.2) is 40.9 Å². The van der Waals surface area contributed by atoms with E-state index in [2.05, 4.69) is 31.9 Å². The van der Waals surface area contributed by atoms with Gasteiger partial charge >= 0.3 is 0 Å². The van der Waals surface area contributed by atoms with Crippen LogP contribution in [0.25, 0.3) is 0 Å². The molecule has 148 valence electrons. The molecule has 0 bridgehead atoms. The Labute approximate surface area is 173 Å². The highest BCUT2D eigenvalue weighted by atomic mass is 79.9. The van der Waals surface area contributed by atoms with Crippen molar-refractivity contribution in [3.05, 3.63) is 63.1 Å². The standard InChI is InChI=1S/C21H24BrN3O3/c1-13-10-14(2)20(15(3)11-13)25-19(27)12-24-18(26)8-9-23-21(28)16-4-6-17(22)7-5-16/h4-7,10-11H,8-9,12H2,1-3H3,(H,23,28)(H,24,26)(H,25,27). The highest BCUT2D eigenvalue weighted by molar-refractivity contribution is 9.10. The van der Waals surface area contributed by atoms with E-state index in [1.165, 1.54) is 0 Å². The first-order valence-electron chi connectivity index (χ1n) is 8.94. The second-order valence-corrected chi connectivity index (χ2v) is 7.53. The molecule has 0 aliphatic rings. The highest BCUT2D eigenvalue weighted by Crippen LogP contribution is 2.21. The van der Waals surface area contributed by atoms with Gasteiger partial charge in [0.05, 0.1) is 6.54 Å². The largest absolute Gasteiger partial charge is 0.352 e. The van der Waals surface area contributed by atoms with Crippen molar-refractivity contribution in [2.75, 3.05) is 18.4 Å². The van der Waals surface area contributed by atoms with Crippen LogP contribution >= 0.6 is 15.9 Å². The van der Waals surface area contributed by atoms with Crippen molar-refractivity contribution < 1.29 is 14.4 Å².